The number of benzene rings is 1. The van der Waals surface area contributed by atoms with Crippen LogP contribution in [0, 0.1) is 6.92 Å². The summed E-state index contributed by atoms with van der Waals surface area (Å²) in [5.41, 5.74) is 1.93. The number of carbonyl (C=O) groups excluding carboxylic acids is 1. The second kappa shape index (κ2) is 11.5. The lowest BCUT2D eigenvalue weighted by Crippen LogP contribution is -2.29. The predicted octanol–water partition coefficient (Wildman–Crippen LogP) is 4.32. The minimum atomic E-state index is -0.708. The Labute approximate surface area is 138 Å². The van der Waals surface area contributed by atoms with Crippen molar-refractivity contribution in [2.45, 2.75) is 58.3 Å². The number of aryl methyl sites for hydroxylation is 1. The fraction of sp³-hybridized carbons (Fsp3) is 0.556. The van der Waals surface area contributed by atoms with Crippen molar-refractivity contribution in [2.24, 2.45) is 0 Å². The third-order valence-electron chi connectivity index (χ3n) is 3.63. The topological polar surface area (TPSA) is 78.4 Å². The van der Waals surface area contributed by atoms with Crippen molar-refractivity contribution in [3.63, 3.8) is 0 Å². The molecule has 0 unspecified atom stereocenters. The molecule has 3 N–H and O–H groups in total. The molecule has 128 valence electrons. The summed E-state index contributed by atoms with van der Waals surface area (Å²) in [7, 11) is 0. The van der Waals surface area contributed by atoms with E-state index in [2.05, 4.69) is 10.6 Å². The second-order valence-electron chi connectivity index (χ2n) is 5.87. The number of aliphatic carboxylic acids is 1. The standard InChI is InChI=1S/C18H28N2O3/c1-15-10-9-11-16(14-15)20-18(23)19-13-8-6-4-2-3-5-7-12-17(21)22/h9-11,14H,2-8,12-13H2,1H3,(H,21,22)(H2,19,20,23). The summed E-state index contributed by atoms with van der Waals surface area (Å²) in [5, 5.41) is 14.2. The quantitative estimate of drug-likeness (QED) is 0.531. The number of nitrogens with one attached hydrogen (secondary N) is 2. The van der Waals surface area contributed by atoms with E-state index in [1.807, 2.05) is 31.2 Å². The fourth-order valence-electron chi connectivity index (χ4n) is 2.39. The molecule has 2 amide bonds. The molecule has 5 heteroatoms. The molecule has 0 saturated heterocycles. The van der Waals surface area contributed by atoms with Crippen LogP contribution in [0.3, 0.4) is 0 Å². The van der Waals surface area contributed by atoms with Crippen molar-refractivity contribution in [1.29, 1.82) is 0 Å². The van der Waals surface area contributed by atoms with Crippen LogP contribution >= 0.6 is 0 Å². The summed E-state index contributed by atoms with van der Waals surface area (Å²) in [6.45, 7) is 2.67. The van der Waals surface area contributed by atoms with E-state index in [0.29, 0.717) is 6.54 Å². The second-order valence-corrected chi connectivity index (χ2v) is 5.87. The molecular formula is C18H28N2O3. The number of anilines is 1. The molecule has 23 heavy (non-hydrogen) atoms. The molecular weight excluding hydrogens is 292 g/mol. The maximum atomic E-state index is 11.7. The number of hydrogen-bond acceptors (Lipinski definition) is 2. The minimum Gasteiger partial charge on any atom is -0.481 e. The third-order valence-corrected chi connectivity index (χ3v) is 3.63. The Kier molecular flexibility index (Phi) is 9.52. The number of amides is 2. The van der Waals surface area contributed by atoms with Crippen molar-refractivity contribution in [3.8, 4) is 0 Å². The molecule has 0 radical (unpaired) electrons. The molecule has 1 aromatic rings. The smallest absolute Gasteiger partial charge is 0.319 e. The number of hydrogen-bond donors (Lipinski definition) is 3. The lowest BCUT2D eigenvalue weighted by atomic mass is 10.1. The molecule has 0 spiro atoms. The van der Waals surface area contributed by atoms with E-state index in [-0.39, 0.29) is 12.5 Å². The van der Waals surface area contributed by atoms with Gasteiger partial charge in [-0.3, -0.25) is 4.79 Å². The van der Waals surface area contributed by atoms with Crippen molar-refractivity contribution >= 4 is 17.7 Å². The maximum absolute atomic E-state index is 11.7. The molecule has 0 saturated carbocycles. The number of rotatable bonds is 11. The van der Waals surface area contributed by atoms with E-state index < -0.39 is 5.97 Å². The van der Waals surface area contributed by atoms with E-state index in [4.69, 9.17) is 5.11 Å². The minimum absolute atomic E-state index is 0.163. The van der Waals surface area contributed by atoms with Crippen LogP contribution < -0.4 is 10.6 Å². The SMILES string of the molecule is Cc1cccc(NC(=O)NCCCCCCCCCC(=O)O)c1. The zero-order valence-corrected chi connectivity index (χ0v) is 13.9. The van der Waals surface area contributed by atoms with Crippen LogP contribution in [0.15, 0.2) is 24.3 Å². The van der Waals surface area contributed by atoms with Crippen LogP contribution in [-0.2, 0) is 4.79 Å². The van der Waals surface area contributed by atoms with Gasteiger partial charge in [0, 0.05) is 18.7 Å². The van der Waals surface area contributed by atoms with Crippen LogP contribution in [0.1, 0.15) is 56.9 Å². The molecule has 0 fully saturated rings. The lowest BCUT2D eigenvalue weighted by molar-refractivity contribution is -0.137. The summed E-state index contributed by atoms with van der Waals surface area (Å²) >= 11 is 0. The molecule has 0 heterocycles. The summed E-state index contributed by atoms with van der Waals surface area (Å²) < 4.78 is 0. The first-order valence-corrected chi connectivity index (χ1v) is 8.41. The van der Waals surface area contributed by atoms with Crippen molar-refractivity contribution < 1.29 is 14.7 Å². The van der Waals surface area contributed by atoms with E-state index >= 15 is 0 Å². The van der Waals surface area contributed by atoms with Gasteiger partial charge in [0.15, 0.2) is 0 Å². The Morgan fingerprint density at radius 2 is 1.65 bits per heavy atom. The van der Waals surface area contributed by atoms with Gasteiger partial charge in [-0.1, -0.05) is 44.2 Å². The zero-order valence-electron chi connectivity index (χ0n) is 13.9. The Morgan fingerprint density at radius 3 is 2.30 bits per heavy atom. The van der Waals surface area contributed by atoms with Crippen LogP contribution in [0.5, 0.6) is 0 Å². The average molecular weight is 320 g/mol. The monoisotopic (exact) mass is 320 g/mol. The third kappa shape index (κ3) is 10.3. The fourth-order valence-corrected chi connectivity index (χ4v) is 2.39. The first kappa shape index (κ1) is 19.0. The molecule has 0 aliphatic heterocycles. The normalized spacial score (nSPS) is 10.3. The Balaban J connectivity index is 1.94. The maximum Gasteiger partial charge on any atom is 0.319 e. The lowest BCUT2D eigenvalue weighted by Gasteiger charge is -2.08. The van der Waals surface area contributed by atoms with Crippen LogP contribution in [0.4, 0.5) is 10.5 Å². The van der Waals surface area contributed by atoms with E-state index in [1.54, 1.807) is 0 Å². The Hall–Kier alpha value is -2.04. The molecule has 0 atom stereocenters. The summed E-state index contributed by atoms with van der Waals surface area (Å²) in [5.74, 6) is -0.708. The number of urea groups is 1. The highest BCUT2D eigenvalue weighted by atomic mass is 16.4. The van der Waals surface area contributed by atoms with Gasteiger partial charge in [-0.05, 0) is 37.5 Å². The largest absolute Gasteiger partial charge is 0.481 e. The number of unbranched alkanes of at least 4 members (excludes halogenated alkanes) is 6. The summed E-state index contributed by atoms with van der Waals surface area (Å²) in [6.07, 6.45) is 7.46. The highest BCUT2D eigenvalue weighted by molar-refractivity contribution is 5.89. The van der Waals surface area contributed by atoms with Gasteiger partial charge in [0.2, 0.25) is 0 Å². The first-order valence-electron chi connectivity index (χ1n) is 8.41. The molecule has 0 aliphatic carbocycles. The van der Waals surface area contributed by atoms with Gasteiger partial charge in [-0.25, -0.2) is 4.79 Å². The van der Waals surface area contributed by atoms with Gasteiger partial charge in [0.1, 0.15) is 0 Å². The summed E-state index contributed by atoms with van der Waals surface area (Å²) in [4.78, 5) is 22.1. The number of carbonyl (C=O) groups is 2. The molecule has 0 bridgehead atoms. The average Bonchev–Trinajstić information content (AvgIpc) is 2.49. The number of carboxylic acids is 1. The molecule has 0 aromatic heterocycles. The molecule has 5 nitrogen and oxygen atoms in total. The predicted molar refractivity (Wildman–Crippen MR) is 92.8 cm³/mol. The highest BCUT2D eigenvalue weighted by Crippen LogP contribution is 2.10. The number of carboxylic acid groups (broad SMARTS) is 1. The van der Waals surface area contributed by atoms with Crippen LogP contribution in [-0.4, -0.2) is 23.7 Å². The molecule has 1 aromatic carbocycles. The van der Waals surface area contributed by atoms with E-state index in [1.165, 1.54) is 0 Å². The van der Waals surface area contributed by atoms with Crippen molar-refractivity contribution in [3.05, 3.63) is 29.8 Å². The van der Waals surface area contributed by atoms with Gasteiger partial charge in [0.05, 0.1) is 0 Å². The van der Waals surface area contributed by atoms with Gasteiger partial charge < -0.3 is 15.7 Å². The van der Waals surface area contributed by atoms with E-state index in [0.717, 1.165) is 56.2 Å². The Bertz CT molecular complexity index is 489. The van der Waals surface area contributed by atoms with Gasteiger partial charge in [0.25, 0.3) is 0 Å². The van der Waals surface area contributed by atoms with Crippen LogP contribution in [0.2, 0.25) is 0 Å². The molecule has 1 rings (SSSR count). The van der Waals surface area contributed by atoms with Crippen molar-refractivity contribution in [2.75, 3.05) is 11.9 Å². The van der Waals surface area contributed by atoms with Crippen molar-refractivity contribution in [1.82, 2.24) is 5.32 Å². The molecule has 0 aliphatic rings. The van der Waals surface area contributed by atoms with Crippen LogP contribution in [0.25, 0.3) is 0 Å². The first-order chi connectivity index (χ1) is 11.1. The summed E-state index contributed by atoms with van der Waals surface area (Å²) in [6, 6.07) is 7.55. The van der Waals surface area contributed by atoms with E-state index in [9.17, 15) is 9.59 Å². The van der Waals surface area contributed by atoms with Gasteiger partial charge in [-0.2, -0.15) is 0 Å². The van der Waals surface area contributed by atoms with Gasteiger partial charge in [-0.15, -0.1) is 0 Å². The Morgan fingerprint density at radius 1 is 1.00 bits per heavy atom. The van der Waals surface area contributed by atoms with Gasteiger partial charge >= 0.3 is 12.0 Å². The zero-order chi connectivity index (χ0) is 16.9. The highest BCUT2D eigenvalue weighted by Gasteiger charge is 2.01.